The van der Waals surface area contributed by atoms with Crippen molar-refractivity contribution in [2.45, 2.75) is 51.2 Å². The summed E-state index contributed by atoms with van der Waals surface area (Å²) in [6.07, 6.45) is -1.49. The summed E-state index contributed by atoms with van der Waals surface area (Å²) in [5, 5.41) is 9.14. The molecule has 4 aromatic rings. The van der Waals surface area contributed by atoms with E-state index in [-0.39, 0.29) is 52.4 Å². The van der Waals surface area contributed by atoms with Gasteiger partial charge in [0.1, 0.15) is 0 Å². The van der Waals surface area contributed by atoms with Gasteiger partial charge in [0.05, 0.1) is 40.5 Å². The van der Waals surface area contributed by atoms with Crippen LogP contribution in [0.25, 0.3) is 16.9 Å². The number of carbonyl (C=O) groups is 2. The molecule has 14 heteroatoms. The number of nitrogens with one attached hydrogen (secondary N) is 1. The molecule has 0 fully saturated rings. The van der Waals surface area contributed by atoms with Crippen molar-refractivity contribution in [3.63, 3.8) is 0 Å². The van der Waals surface area contributed by atoms with Gasteiger partial charge < -0.3 is 5.32 Å². The predicted octanol–water partition coefficient (Wildman–Crippen LogP) is 5.80. The third kappa shape index (κ3) is 6.36. The predicted molar refractivity (Wildman–Crippen MR) is 149 cm³/mol. The lowest BCUT2D eigenvalue weighted by Gasteiger charge is -2.22. The second-order valence-electron chi connectivity index (χ2n) is 10.3. The van der Waals surface area contributed by atoms with Crippen LogP contribution in [0.5, 0.6) is 0 Å². The minimum absolute atomic E-state index is 0.0855. The number of ketones is 1. The Bertz CT molecular complexity index is 1750. The molecule has 0 radical (unpaired) electrons. The molecule has 1 amide bonds. The molecule has 2 aromatic carbocycles. The van der Waals surface area contributed by atoms with Crippen molar-refractivity contribution >= 4 is 29.0 Å². The maximum absolute atomic E-state index is 15.3. The van der Waals surface area contributed by atoms with Gasteiger partial charge in [-0.05, 0) is 43.0 Å². The van der Waals surface area contributed by atoms with Crippen molar-refractivity contribution in [2.24, 2.45) is 5.92 Å². The van der Waals surface area contributed by atoms with E-state index in [2.05, 4.69) is 20.6 Å². The van der Waals surface area contributed by atoms with Crippen molar-refractivity contribution in [3.8, 4) is 16.9 Å². The number of anilines is 1. The fourth-order valence-corrected chi connectivity index (χ4v) is 5.17. The smallest absolute Gasteiger partial charge is 0.326 e. The number of Topliss-reactive ketones (excluding diaryl/α,β-unsaturated/α-hetero) is 1. The van der Waals surface area contributed by atoms with E-state index in [9.17, 15) is 27.6 Å². The molecule has 1 aliphatic rings. The molecule has 0 aliphatic carbocycles. The fourth-order valence-electron chi connectivity index (χ4n) is 5.01. The zero-order chi connectivity index (χ0) is 30.9. The minimum Gasteiger partial charge on any atom is -0.326 e. The first kappa shape index (κ1) is 30.1. The van der Waals surface area contributed by atoms with Crippen LogP contribution in [0.15, 0.2) is 59.8 Å². The van der Waals surface area contributed by atoms with Gasteiger partial charge >= 0.3 is 6.18 Å². The lowest BCUT2D eigenvalue weighted by atomic mass is 9.94. The molecule has 0 spiro atoms. The number of amides is 1. The van der Waals surface area contributed by atoms with Crippen LogP contribution in [0.4, 0.5) is 23.2 Å². The standard InChI is InChI=1S/C29H25ClF4N6O3/c1-16-5-4-8-21(23(41)12-9-17-6-2-3-7-19(17)36-28(16)43)39-15-35-20(13-25(39)42)26-22(11-10-18(30)27(26)31)40-14-24(37-38-40)29(32,33)34/h2-3,6-7,10-11,13-16,21H,4-5,8-9,12H2,1H3,(H,36,43)/t16-,21+/m1/s1. The lowest BCUT2D eigenvalue weighted by molar-refractivity contribution is -0.141. The first-order valence-corrected chi connectivity index (χ1v) is 13.8. The van der Waals surface area contributed by atoms with Crippen LogP contribution >= 0.6 is 11.6 Å². The van der Waals surface area contributed by atoms with Gasteiger partial charge in [-0.1, -0.05) is 48.4 Å². The molecule has 224 valence electrons. The maximum Gasteiger partial charge on any atom is 0.436 e. The summed E-state index contributed by atoms with van der Waals surface area (Å²) in [6.45, 7) is 1.78. The molecular weight excluding hydrogens is 592 g/mol. The summed E-state index contributed by atoms with van der Waals surface area (Å²) in [6, 6.07) is 9.65. The van der Waals surface area contributed by atoms with Crippen molar-refractivity contribution in [2.75, 3.05) is 5.32 Å². The molecule has 5 rings (SSSR count). The lowest BCUT2D eigenvalue weighted by Crippen LogP contribution is -2.31. The Kier molecular flexibility index (Phi) is 8.45. The van der Waals surface area contributed by atoms with Crippen LogP contribution < -0.4 is 10.9 Å². The first-order valence-electron chi connectivity index (χ1n) is 13.4. The Balaban J connectivity index is 1.51. The maximum atomic E-state index is 15.3. The molecule has 0 saturated carbocycles. The number of alkyl halides is 3. The molecule has 43 heavy (non-hydrogen) atoms. The minimum atomic E-state index is -4.79. The SMILES string of the molecule is C[C@@H]1CCC[C@H](n2cnc(-c3c(-n4cc(C(F)(F)F)nn4)ccc(Cl)c3F)cc2=O)C(=O)CCc2ccccc2NC1=O. The number of fused-ring (bicyclic) bond motifs is 1. The monoisotopic (exact) mass is 616 g/mol. The van der Waals surface area contributed by atoms with Gasteiger partial charge in [-0.2, -0.15) is 13.2 Å². The Morgan fingerprint density at radius 1 is 1.05 bits per heavy atom. The Morgan fingerprint density at radius 3 is 2.53 bits per heavy atom. The van der Waals surface area contributed by atoms with Crippen molar-refractivity contribution in [3.05, 3.63) is 87.4 Å². The quantitative estimate of drug-likeness (QED) is 0.291. The molecule has 0 bridgehead atoms. The van der Waals surface area contributed by atoms with Crippen LogP contribution in [0.3, 0.4) is 0 Å². The topological polar surface area (TPSA) is 112 Å². The number of rotatable bonds is 3. The van der Waals surface area contributed by atoms with Gasteiger partial charge in [0.15, 0.2) is 17.3 Å². The number of hydrogen-bond donors (Lipinski definition) is 1. The van der Waals surface area contributed by atoms with Crippen LogP contribution in [-0.2, 0) is 22.2 Å². The number of nitrogens with zero attached hydrogens (tertiary/aromatic N) is 5. The van der Waals surface area contributed by atoms with Gasteiger partial charge in [-0.3, -0.25) is 19.0 Å². The summed E-state index contributed by atoms with van der Waals surface area (Å²) in [5.74, 6) is -1.74. The van der Waals surface area contributed by atoms with E-state index in [1.165, 1.54) is 6.07 Å². The van der Waals surface area contributed by atoms with Gasteiger partial charge in [0.2, 0.25) is 5.91 Å². The third-order valence-electron chi connectivity index (χ3n) is 7.38. The molecular formula is C29H25ClF4N6O3. The van der Waals surface area contributed by atoms with Crippen LogP contribution in [0.1, 0.15) is 49.9 Å². The molecule has 1 aliphatic heterocycles. The van der Waals surface area contributed by atoms with E-state index in [0.29, 0.717) is 31.1 Å². The summed E-state index contributed by atoms with van der Waals surface area (Å²) >= 11 is 5.97. The average molecular weight is 617 g/mol. The van der Waals surface area contributed by atoms with E-state index in [1.54, 1.807) is 19.1 Å². The number of hydrogen-bond acceptors (Lipinski definition) is 6. The first-order chi connectivity index (χ1) is 20.4. The summed E-state index contributed by atoms with van der Waals surface area (Å²) in [5.41, 5.74) is -1.34. The molecule has 1 N–H and O–H groups in total. The molecule has 2 aromatic heterocycles. The van der Waals surface area contributed by atoms with Gasteiger partial charge in [-0.25, -0.2) is 14.1 Å². The number of para-hydroxylation sites is 1. The van der Waals surface area contributed by atoms with E-state index in [4.69, 9.17) is 11.6 Å². The molecule has 0 saturated heterocycles. The summed E-state index contributed by atoms with van der Waals surface area (Å²) in [7, 11) is 0. The third-order valence-corrected chi connectivity index (χ3v) is 7.67. The van der Waals surface area contributed by atoms with Crippen molar-refractivity contribution < 1.29 is 27.2 Å². The second kappa shape index (κ2) is 12.1. The van der Waals surface area contributed by atoms with E-state index in [1.807, 2.05) is 12.1 Å². The number of carbonyl (C=O) groups excluding carboxylic acids is 2. The fraction of sp³-hybridized carbons (Fsp3) is 0.310. The van der Waals surface area contributed by atoms with Crippen LogP contribution in [0.2, 0.25) is 5.02 Å². The number of aryl methyl sites for hydroxylation is 1. The molecule has 9 nitrogen and oxygen atoms in total. The van der Waals surface area contributed by atoms with E-state index in [0.717, 1.165) is 33.3 Å². The Labute approximate surface area is 247 Å². The Hall–Kier alpha value is -4.39. The highest BCUT2D eigenvalue weighted by molar-refractivity contribution is 6.31. The number of aromatic nitrogens is 5. The molecule has 0 unspecified atom stereocenters. The highest BCUT2D eigenvalue weighted by atomic mass is 35.5. The number of benzene rings is 2. The summed E-state index contributed by atoms with van der Waals surface area (Å²) in [4.78, 5) is 43.8. The van der Waals surface area contributed by atoms with E-state index < -0.39 is 29.3 Å². The number of halogens is 5. The van der Waals surface area contributed by atoms with E-state index >= 15 is 4.39 Å². The van der Waals surface area contributed by atoms with Crippen molar-refractivity contribution in [1.82, 2.24) is 24.5 Å². The summed E-state index contributed by atoms with van der Waals surface area (Å²) < 4.78 is 56.6. The van der Waals surface area contributed by atoms with Crippen molar-refractivity contribution in [1.29, 1.82) is 0 Å². The highest BCUT2D eigenvalue weighted by Gasteiger charge is 2.35. The second-order valence-corrected chi connectivity index (χ2v) is 10.7. The molecule has 2 atom stereocenters. The van der Waals surface area contributed by atoms with Crippen LogP contribution in [-0.4, -0.2) is 36.2 Å². The zero-order valence-corrected chi connectivity index (χ0v) is 23.5. The largest absolute Gasteiger partial charge is 0.436 e. The molecule has 3 heterocycles. The van der Waals surface area contributed by atoms with Gasteiger partial charge in [-0.15, -0.1) is 5.10 Å². The zero-order valence-electron chi connectivity index (χ0n) is 22.7. The normalized spacial score (nSPS) is 18.4. The average Bonchev–Trinajstić information content (AvgIpc) is 3.47. The van der Waals surface area contributed by atoms with Gasteiger partial charge in [0.25, 0.3) is 5.56 Å². The Morgan fingerprint density at radius 2 is 1.81 bits per heavy atom. The van der Waals surface area contributed by atoms with Gasteiger partial charge in [0, 0.05) is 24.1 Å². The highest BCUT2D eigenvalue weighted by Crippen LogP contribution is 2.34. The van der Waals surface area contributed by atoms with Crippen LogP contribution in [0, 0.1) is 11.7 Å².